The lowest BCUT2D eigenvalue weighted by Crippen LogP contribution is -2.59. The zero-order valence-electron chi connectivity index (χ0n) is 11.4. The summed E-state index contributed by atoms with van der Waals surface area (Å²) in [6, 6.07) is 7.27. The Morgan fingerprint density at radius 3 is 3.11 bits per heavy atom. The normalized spacial score (nSPS) is 27.7. The molecule has 0 radical (unpaired) electrons. The quantitative estimate of drug-likeness (QED) is 0.771. The molecule has 0 aromatic carbocycles. The standard InChI is InChI=1S/C15H20N4/c1-12-10-18-8-3-2-5-13(18)11-19(12)15-6-4-7-17-14(15)9-16/h4,6-7,12-13H,2-3,5,8,10-11H2,1H3. The molecule has 4 heteroatoms. The highest BCUT2D eigenvalue weighted by Crippen LogP contribution is 2.29. The Bertz CT molecular complexity index is 493. The van der Waals surface area contributed by atoms with Crippen molar-refractivity contribution in [3.05, 3.63) is 24.0 Å². The van der Waals surface area contributed by atoms with Crippen molar-refractivity contribution >= 4 is 5.69 Å². The number of hydrogen-bond acceptors (Lipinski definition) is 4. The summed E-state index contributed by atoms with van der Waals surface area (Å²) in [4.78, 5) is 9.19. The summed E-state index contributed by atoms with van der Waals surface area (Å²) in [5.74, 6) is 0. The Kier molecular flexibility index (Phi) is 3.39. The van der Waals surface area contributed by atoms with Crippen LogP contribution in [0, 0.1) is 11.3 Å². The molecular formula is C15H20N4. The van der Waals surface area contributed by atoms with E-state index in [0.29, 0.717) is 17.8 Å². The SMILES string of the molecule is CC1CN2CCCCC2CN1c1cccnc1C#N. The molecule has 4 nitrogen and oxygen atoms in total. The fourth-order valence-electron chi connectivity index (χ4n) is 3.40. The number of piperazine rings is 1. The average molecular weight is 256 g/mol. The molecule has 2 unspecified atom stereocenters. The Morgan fingerprint density at radius 1 is 1.37 bits per heavy atom. The van der Waals surface area contributed by atoms with Crippen molar-refractivity contribution in [1.82, 2.24) is 9.88 Å². The maximum Gasteiger partial charge on any atom is 0.163 e. The van der Waals surface area contributed by atoms with Crippen molar-refractivity contribution in [2.24, 2.45) is 0 Å². The fraction of sp³-hybridized carbons (Fsp3) is 0.600. The zero-order valence-corrected chi connectivity index (χ0v) is 11.4. The molecule has 0 spiro atoms. The van der Waals surface area contributed by atoms with E-state index in [-0.39, 0.29) is 0 Å². The highest BCUT2D eigenvalue weighted by atomic mass is 15.3. The second kappa shape index (κ2) is 5.18. The van der Waals surface area contributed by atoms with Gasteiger partial charge in [0.15, 0.2) is 5.69 Å². The van der Waals surface area contributed by atoms with E-state index < -0.39 is 0 Å². The van der Waals surface area contributed by atoms with Gasteiger partial charge in [0, 0.05) is 31.4 Å². The van der Waals surface area contributed by atoms with Gasteiger partial charge < -0.3 is 4.90 Å². The number of pyridine rings is 1. The van der Waals surface area contributed by atoms with Crippen LogP contribution in [0.1, 0.15) is 31.9 Å². The van der Waals surface area contributed by atoms with Gasteiger partial charge in [0.1, 0.15) is 6.07 Å². The van der Waals surface area contributed by atoms with Crippen LogP contribution < -0.4 is 4.90 Å². The molecular weight excluding hydrogens is 236 g/mol. The van der Waals surface area contributed by atoms with E-state index in [0.717, 1.165) is 18.8 Å². The van der Waals surface area contributed by atoms with E-state index in [2.05, 4.69) is 27.8 Å². The summed E-state index contributed by atoms with van der Waals surface area (Å²) in [5.41, 5.74) is 1.56. The highest BCUT2D eigenvalue weighted by molar-refractivity contribution is 5.56. The summed E-state index contributed by atoms with van der Waals surface area (Å²) in [5, 5.41) is 9.22. The summed E-state index contributed by atoms with van der Waals surface area (Å²) in [6.07, 6.45) is 5.65. The van der Waals surface area contributed by atoms with Crippen LogP contribution in [0.3, 0.4) is 0 Å². The Morgan fingerprint density at radius 2 is 2.26 bits per heavy atom. The van der Waals surface area contributed by atoms with E-state index in [1.54, 1.807) is 6.20 Å². The predicted molar refractivity (Wildman–Crippen MR) is 75.0 cm³/mol. The summed E-state index contributed by atoms with van der Waals surface area (Å²) in [6.45, 7) is 5.62. The highest BCUT2D eigenvalue weighted by Gasteiger charge is 2.33. The number of nitrogens with zero attached hydrogens (tertiary/aromatic N) is 4. The molecule has 2 aliphatic heterocycles. The van der Waals surface area contributed by atoms with Crippen molar-refractivity contribution in [2.45, 2.75) is 38.3 Å². The van der Waals surface area contributed by atoms with Gasteiger partial charge in [-0.15, -0.1) is 0 Å². The van der Waals surface area contributed by atoms with Gasteiger partial charge >= 0.3 is 0 Å². The second-order valence-corrected chi connectivity index (χ2v) is 5.63. The van der Waals surface area contributed by atoms with Gasteiger partial charge in [0.25, 0.3) is 0 Å². The zero-order chi connectivity index (χ0) is 13.2. The third kappa shape index (κ3) is 2.31. The second-order valence-electron chi connectivity index (χ2n) is 5.63. The van der Waals surface area contributed by atoms with Gasteiger partial charge in [-0.1, -0.05) is 6.42 Å². The summed E-state index contributed by atoms with van der Waals surface area (Å²) < 4.78 is 0. The van der Waals surface area contributed by atoms with Crippen molar-refractivity contribution in [1.29, 1.82) is 5.26 Å². The molecule has 2 aliphatic rings. The van der Waals surface area contributed by atoms with Gasteiger partial charge in [0.2, 0.25) is 0 Å². The van der Waals surface area contributed by atoms with Crippen LogP contribution in [0.15, 0.2) is 18.3 Å². The first-order valence-corrected chi connectivity index (χ1v) is 7.15. The third-order valence-corrected chi connectivity index (χ3v) is 4.39. The number of nitriles is 1. The molecule has 3 rings (SSSR count). The van der Waals surface area contributed by atoms with Crippen LogP contribution in [0.2, 0.25) is 0 Å². The van der Waals surface area contributed by atoms with Crippen LogP contribution in [0.4, 0.5) is 5.69 Å². The molecule has 100 valence electrons. The van der Waals surface area contributed by atoms with Gasteiger partial charge in [-0.05, 0) is 38.4 Å². The number of fused-ring (bicyclic) bond motifs is 1. The van der Waals surface area contributed by atoms with E-state index >= 15 is 0 Å². The van der Waals surface area contributed by atoms with Crippen molar-refractivity contribution in [3.8, 4) is 6.07 Å². The van der Waals surface area contributed by atoms with E-state index in [4.69, 9.17) is 0 Å². The molecule has 0 saturated carbocycles. The lowest BCUT2D eigenvalue weighted by Gasteiger charge is -2.48. The number of anilines is 1. The number of aromatic nitrogens is 1. The molecule has 1 aromatic heterocycles. The van der Waals surface area contributed by atoms with Crippen LogP contribution in [-0.4, -0.2) is 41.6 Å². The lowest BCUT2D eigenvalue weighted by atomic mass is 9.96. The van der Waals surface area contributed by atoms with E-state index in [9.17, 15) is 5.26 Å². The monoisotopic (exact) mass is 256 g/mol. The molecule has 0 aliphatic carbocycles. The average Bonchev–Trinajstić information content (AvgIpc) is 2.46. The Labute approximate surface area is 114 Å². The van der Waals surface area contributed by atoms with Crippen LogP contribution in [0.25, 0.3) is 0 Å². The number of hydrogen-bond donors (Lipinski definition) is 0. The molecule has 3 heterocycles. The Balaban J connectivity index is 1.86. The molecule has 2 fully saturated rings. The van der Waals surface area contributed by atoms with Crippen molar-refractivity contribution < 1.29 is 0 Å². The maximum atomic E-state index is 9.22. The smallest absolute Gasteiger partial charge is 0.163 e. The first-order valence-electron chi connectivity index (χ1n) is 7.15. The minimum absolute atomic E-state index is 0.450. The lowest BCUT2D eigenvalue weighted by molar-refractivity contribution is 0.115. The van der Waals surface area contributed by atoms with Gasteiger partial charge in [-0.25, -0.2) is 4.98 Å². The Hall–Kier alpha value is -1.60. The summed E-state index contributed by atoms with van der Waals surface area (Å²) >= 11 is 0. The number of piperidine rings is 1. The molecule has 0 amide bonds. The minimum Gasteiger partial charge on any atom is -0.364 e. The fourth-order valence-corrected chi connectivity index (χ4v) is 3.40. The van der Waals surface area contributed by atoms with E-state index in [1.165, 1.54) is 25.8 Å². The van der Waals surface area contributed by atoms with Crippen LogP contribution in [-0.2, 0) is 0 Å². The molecule has 0 bridgehead atoms. The predicted octanol–water partition coefficient (Wildman–Crippen LogP) is 2.02. The molecule has 0 N–H and O–H groups in total. The van der Waals surface area contributed by atoms with Crippen LogP contribution in [0.5, 0.6) is 0 Å². The first-order chi connectivity index (χ1) is 9.29. The minimum atomic E-state index is 0.450. The van der Waals surface area contributed by atoms with Gasteiger partial charge in [0.05, 0.1) is 5.69 Å². The molecule has 1 aromatic rings. The van der Waals surface area contributed by atoms with Gasteiger partial charge in [-0.2, -0.15) is 5.26 Å². The van der Waals surface area contributed by atoms with Crippen molar-refractivity contribution in [2.75, 3.05) is 24.5 Å². The molecule has 19 heavy (non-hydrogen) atoms. The summed E-state index contributed by atoms with van der Waals surface area (Å²) in [7, 11) is 0. The van der Waals surface area contributed by atoms with Crippen LogP contribution >= 0.6 is 0 Å². The van der Waals surface area contributed by atoms with Gasteiger partial charge in [-0.3, -0.25) is 4.90 Å². The van der Waals surface area contributed by atoms with Crippen molar-refractivity contribution in [3.63, 3.8) is 0 Å². The number of rotatable bonds is 1. The topological polar surface area (TPSA) is 43.2 Å². The first kappa shape index (κ1) is 12.4. The van der Waals surface area contributed by atoms with E-state index in [1.807, 2.05) is 12.1 Å². The third-order valence-electron chi connectivity index (χ3n) is 4.39. The maximum absolute atomic E-state index is 9.22. The molecule has 2 atom stereocenters. The largest absolute Gasteiger partial charge is 0.364 e. The molecule has 2 saturated heterocycles.